The van der Waals surface area contributed by atoms with Gasteiger partial charge >= 0.3 is 0 Å². The van der Waals surface area contributed by atoms with Crippen LogP contribution in [-0.2, 0) is 9.59 Å². The number of halogens is 1. The molecule has 4 N–H and O–H groups in total. The molecule has 0 radical (unpaired) electrons. The standard InChI is InChI=1S/C9H10ClN5O3/c10-6-2-13-1-5(14-6)9(18)15(3-7(11)16)4-8(12)17/h1-2H,3-4H2,(H2,11,16)(H2,12,17). The molecule has 0 aliphatic heterocycles. The Morgan fingerprint density at radius 1 is 1.17 bits per heavy atom. The van der Waals surface area contributed by atoms with Gasteiger partial charge in [-0.2, -0.15) is 0 Å². The van der Waals surface area contributed by atoms with E-state index in [2.05, 4.69) is 9.97 Å². The number of hydrogen-bond donors (Lipinski definition) is 2. The molecule has 0 aromatic carbocycles. The van der Waals surface area contributed by atoms with E-state index in [-0.39, 0.29) is 10.8 Å². The van der Waals surface area contributed by atoms with E-state index in [0.717, 1.165) is 11.1 Å². The Bertz CT molecular complexity index is 477. The second-order valence-corrected chi connectivity index (χ2v) is 3.71. The molecule has 1 rings (SSSR count). The van der Waals surface area contributed by atoms with Crippen LogP contribution in [0.1, 0.15) is 10.5 Å². The monoisotopic (exact) mass is 271 g/mol. The van der Waals surface area contributed by atoms with Crippen molar-refractivity contribution in [1.82, 2.24) is 14.9 Å². The minimum atomic E-state index is -0.778. The minimum absolute atomic E-state index is 0.0129. The maximum Gasteiger partial charge on any atom is 0.275 e. The van der Waals surface area contributed by atoms with Crippen molar-refractivity contribution < 1.29 is 14.4 Å². The lowest BCUT2D eigenvalue weighted by Crippen LogP contribution is -2.43. The fourth-order valence-electron chi connectivity index (χ4n) is 1.18. The van der Waals surface area contributed by atoms with Crippen molar-refractivity contribution in [3.05, 3.63) is 23.2 Å². The summed E-state index contributed by atoms with van der Waals surface area (Å²) >= 11 is 5.58. The Balaban J connectivity index is 2.94. The third-order valence-electron chi connectivity index (χ3n) is 1.80. The summed E-state index contributed by atoms with van der Waals surface area (Å²) < 4.78 is 0. The molecule has 0 saturated heterocycles. The lowest BCUT2D eigenvalue weighted by molar-refractivity contribution is -0.121. The van der Waals surface area contributed by atoms with E-state index in [1.54, 1.807) is 0 Å². The van der Waals surface area contributed by atoms with Gasteiger partial charge in [0.25, 0.3) is 5.91 Å². The molecular weight excluding hydrogens is 262 g/mol. The normalized spacial score (nSPS) is 9.83. The maximum absolute atomic E-state index is 11.9. The summed E-state index contributed by atoms with van der Waals surface area (Å²) in [4.78, 5) is 41.8. The fraction of sp³-hybridized carbons (Fsp3) is 0.222. The lowest BCUT2D eigenvalue weighted by atomic mass is 10.3. The molecule has 0 aliphatic carbocycles. The topological polar surface area (TPSA) is 132 Å². The van der Waals surface area contributed by atoms with Gasteiger partial charge < -0.3 is 16.4 Å². The summed E-state index contributed by atoms with van der Waals surface area (Å²) in [7, 11) is 0. The highest BCUT2D eigenvalue weighted by Gasteiger charge is 2.21. The molecule has 0 aliphatic rings. The highest BCUT2D eigenvalue weighted by atomic mass is 35.5. The number of primary amides is 2. The predicted octanol–water partition coefficient (Wildman–Crippen LogP) is -1.46. The summed E-state index contributed by atoms with van der Waals surface area (Å²) in [6.45, 7) is -0.897. The lowest BCUT2D eigenvalue weighted by Gasteiger charge is -2.18. The van der Waals surface area contributed by atoms with Crippen molar-refractivity contribution in [2.45, 2.75) is 0 Å². The molecule has 1 heterocycles. The molecule has 1 aromatic heterocycles. The molecule has 96 valence electrons. The van der Waals surface area contributed by atoms with Crippen molar-refractivity contribution in [2.75, 3.05) is 13.1 Å². The van der Waals surface area contributed by atoms with Crippen molar-refractivity contribution in [2.24, 2.45) is 11.5 Å². The van der Waals surface area contributed by atoms with Gasteiger partial charge in [-0.25, -0.2) is 4.98 Å². The number of nitrogens with two attached hydrogens (primary N) is 2. The first kappa shape index (κ1) is 13.8. The Morgan fingerprint density at radius 3 is 2.17 bits per heavy atom. The van der Waals surface area contributed by atoms with Crippen molar-refractivity contribution >= 4 is 29.3 Å². The first-order valence-corrected chi connectivity index (χ1v) is 5.11. The van der Waals surface area contributed by atoms with Crippen LogP contribution in [0.2, 0.25) is 5.15 Å². The largest absolute Gasteiger partial charge is 0.368 e. The molecule has 0 unspecified atom stereocenters. The molecule has 18 heavy (non-hydrogen) atoms. The average molecular weight is 272 g/mol. The molecule has 3 amide bonds. The number of carbonyl (C=O) groups is 3. The second kappa shape index (κ2) is 5.92. The first-order chi connectivity index (χ1) is 8.40. The van der Waals surface area contributed by atoms with E-state index >= 15 is 0 Å². The Morgan fingerprint density at radius 2 is 1.72 bits per heavy atom. The van der Waals surface area contributed by atoms with E-state index in [1.165, 1.54) is 6.20 Å². The van der Waals surface area contributed by atoms with Crippen LogP contribution < -0.4 is 11.5 Å². The molecule has 9 heteroatoms. The third kappa shape index (κ3) is 3.98. The highest BCUT2D eigenvalue weighted by molar-refractivity contribution is 6.29. The first-order valence-electron chi connectivity index (χ1n) is 4.73. The zero-order chi connectivity index (χ0) is 13.7. The zero-order valence-corrected chi connectivity index (χ0v) is 9.92. The zero-order valence-electron chi connectivity index (χ0n) is 9.17. The number of amides is 3. The van der Waals surface area contributed by atoms with Gasteiger partial charge in [0.05, 0.1) is 12.4 Å². The fourth-order valence-corrected chi connectivity index (χ4v) is 1.33. The van der Waals surface area contributed by atoms with Gasteiger partial charge in [0.15, 0.2) is 0 Å². The summed E-state index contributed by atoms with van der Waals surface area (Å²) in [6.07, 6.45) is 2.40. The van der Waals surface area contributed by atoms with Crippen LogP contribution >= 0.6 is 11.6 Å². The molecule has 0 bridgehead atoms. The number of rotatable bonds is 5. The highest BCUT2D eigenvalue weighted by Crippen LogP contribution is 2.05. The quantitative estimate of drug-likeness (QED) is 0.675. The van der Waals surface area contributed by atoms with Crippen molar-refractivity contribution in [3.63, 3.8) is 0 Å². The molecule has 8 nitrogen and oxygen atoms in total. The molecule has 0 spiro atoms. The van der Waals surface area contributed by atoms with E-state index in [4.69, 9.17) is 23.1 Å². The summed E-state index contributed by atoms with van der Waals surface area (Å²) in [5.41, 5.74) is 9.83. The molecule has 0 fully saturated rings. The predicted molar refractivity (Wildman–Crippen MR) is 61.3 cm³/mol. The van der Waals surface area contributed by atoms with Crippen molar-refractivity contribution in [3.8, 4) is 0 Å². The van der Waals surface area contributed by atoms with Crippen LogP contribution in [0.3, 0.4) is 0 Å². The van der Waals surface area contributed by atoms with Crippen LogP contribution in [0.15, 0.2) is 12.4 Å². The van der Waals surface area contributed by atoms with E-state index < -0.39 is 30.8 Å². The van der Waals surface area contributed by atoms with Crippen LogP contribution in [-0.4, -0.2) is 45.7 Å². The number of aromatic nitrogens is 2. The minimum Gasteiger partial charge on any atom is -0.368 e. The van der Waals surface area contributed by atoms with E-state index in [9.17, 15) is 14.4 Å². The van der Waals surface area contributed by atoms with Gasteiger partial charge in [0.1, 0.15) is 23.9 Å². The average Bonchev–Trinajstić information content (AvgIpc) is 2.26. The number of hydrogen-bond acceptors (Lipinski definition) is 5. The summed E-state index contributed by atoms with van der Waals surface area (Å²) in [5, 5.41) is 0.0129. The van der Waals surface area contributed by atoms with Gasteiger partial charge in [0, 0.05) is 0 Å². The van der Waals surface area contributed by atoms with Crippen molar-refractivity contribution in [1.29, 1.82) is 0 Å². The van der Waals surface area contributed by atoms with Gasteiger partial charge in [-0.3, -0.25) is 19.4 Å². The van der Waals surface area contributed by atoms with Crippen LogP contribution in [0.4, 0.5) is 0 Å². The van der Waals surface area contributed by atoms with Crippen LogP contribution in [0.5, 0.6) is 0 Å². The van der Waals surface area contributed by atoms with Crippen LogP contribution in [0.25, 0.3) is 0 Å². The second-order valence-electron chi connectivity index (χ2n) is 3.32. The van der Waals surface area contributed by atoms with Gasteiger partial charge in [-0.05, 0) is 0 Å². The SMILES string of the molecule is NC(=O)CN(CC(N)=O)C(=O)c1cncc(Cl)n1. The van der Waals surface area contributed by atoms with E-state index in [1.807, 2.05) is 0 Å². The Labute approximate surface area is 107 Å². The van der Waals surface area contributed by atoms with Gasteiger partial charge in [-0.15, -0.1) is 0 Å². The van der Waals surface area contributed by atoms with Crippen LogP contribution in [0, 0.1) is 0 Å². The molecule has 0 atom stereocenters. The summed E-state index contributed by atoms with van der Waals surface area (Å²) in [5.74, 6) is -2.26. The smallest absolute Gasteiger partial charge is 0.275 e. The number of carbonyl (C=O) groups excluding carboxylic acids is 3. The van der Waals surface area contributed by atoms with E-state index in [0.29, 0.717) is 0 Å². The Kier molecular flexibility index (Phi) is 4.55. The maximum atomic E-state index is 11.9. The van der Waals surface area contributed by atoms with Gasteiger partial charge in [-0.1, -0.05) is 11.6 Å². The number of nitrogens with zero attached hydrogens (tertiary/aromatic N) is 3. The third-order valence-corrected chi connectivity index (χ3v) is 1.99. The molecule has 0 saturated carbocycles. The van der Waals surface area contributed by atoms with Gasteiger partial charge in [0.2, 0.25) is 11.8 Å². The Hall–Kier alpha value is -2.22. The molecular formula is C9H10ClN5O3. The summed E-state index contributed by atoms with van der Waals surface area (Å²) in [6, 6.07) is 0. The molecule has 1 aromatic rings.